The van der Waals surface area contributed by atoms with Gasteiger partial charge in [0.2, 0.25) is 10.0 Å². The zero-order chi connectivity index (χ0) is 13.2. The van der Waals surface area contributed by atoms with Gasteiger partial charge in [-0.05, 0) is 39.7 Å². The predicted molar refractivity (Wildman–Crippen MR) is 74.6 cm³/mol. The molecule has 18 heavy (non-hydrogen) atoms. The third kappa shape index (κ3) is 4.22. The van der Waals surface area contributed by atoms with Gasteiger partial charge in [0.25, 0.3) is 0 Å². The van der Waals surface area contributed by atoms with Crippen LogP contribution in [0.2, 0.25) is 0 Å². The quantitative estimate of drug-likeness (QED) is 0.749. The Morgan fingerprint density at radius 2 is 2.11 bits per heavy atom. The summed E-state index contributed by atoms with van der Waals surface area (Å²) in [6.45, 7) is 4.58. The summed E-state index contributed by atoms with van der Waals surface area (Å²) in [4.78, 5) is 5.22. The van der Waals surface area contributed by atoms with Gasteiger partial charge in [0, 0.05) is 10.9 Å². The number of aryl methyl sites for hydroxylation is 2. The minimum Gasteiger partial charge on any atom is -0.314 e. The Morgan fingerprint density at radius 1 is 1.39 bits per heavy atom. The Bertz CT molecular complexity index is 487. The number of aromatic nitrogens is 1. The van der Waals surface area contributed by atoms with Crippen LogP contribution in [-0.4, -0.2) is 31.7 Å². The van der Waals surface area contributed by atoms with Gasteiger partial charge in [-0.25, -0.2) is 13.4 Å². The normalized spacial score (nSPS) is 15.9. The molecule has 0 bridgehead atoms. The molecule has 0 aromatic carbocycles. The summed E-state index contributed by atoms with van der Waals surface area (Å²) in [6, 6.07) is 0.630. The molecule has 1 aromatic heterocycles. The maximum Gasteiger partial charge on any atom is 0.234 e. The van der Waals surface area contributed by atoms with Crippen LogP contribution < -0.4 is 10.0 Å². The SMILES string of the molecule is Cc1nc(NS(=O)(=O)CCCNC2CC2)sc1C. The van der Waals surface area contributed by atoms with Gasteiger partial charge in [-0.2, -0.15) is 0 Å². The number of nitrogens with one attached hydrogen (secondary N) is 2. The summed E-state index contributed by atoms with van der Waals surface area (Å²) in [5.41, 5.74) is 0.883. The standard InChI is InChI=1S/C11H19N3O2S2/c1-8-9(2)17-11(13-8)14-18(15,16)7-3-6-12-10-4-5-10/h10,12H,3-7H2,1-2H3,(H,13,14). The molecule has 0 radical (unpaired) electrons. The lowest BCUT2D eigenvalue weighted by Gasteiger charge is -2.05. The predicted octanol–water partition coefficient (Wildman–Crippen LogP) is 1.64. The highest BCUT2D eigenvalue weighted by atomic mass is 32.2. The van der Waals surface area contributed by atoms with E-state index in [1.807, 2.05) is 13.8 Å². The Labute approximate surface area is 112 Å². The molecular weight excluding hydrogens is 270 g/mol. The molecule has 0 spiro atoms. The van der Waals surface area contributed by atoms with Crippen LogP contribution in [0.4, 0.5) is 5.13 Å². The molecule has 0 amide bonds. The Balaban J connectivity index is 1.78. The smallest absolute Gasteiger partial charge is 0.234 e. The van der Waals surface area contributed by atoms with Crippen LogP contribution >= 0.6 is 11.3 Å². The molecule has 102 valence electrons. The van der Waals surface area contributed by atoms with Gasteiger partial charge in [-0.3, -0.25) is 4.72 Å². The summed E-state index contributed by atoms with van der Waals surface area (Å²) in [7, 11) is -3.26. The van der Waals surface area contributed by atoms with Gasteiger partial charge in [0.15, 0.2) is 5.13 Å². The second kappa shape index (κ2) is 5.54. The summed E-state index contributed by atoms with van der Waals surface area (Å²) in [6.07, 6.45) is 3.08. The summed E-state index contributed by atoms with van der Waals surface area (Å²) in [5, 5.41) is 3.77. The molecule has 0 atom stereocenters. The van der Waals surface area contributed by atoms with Gasteiger partial charge < -0.3 is 5.32 Å². The van der Waals surface area contributed by atoms with Gasteiger partial charge in [0.05, 0.1) is 11.4 Å². The van der Waals surface area contributed by atoms with Crippen LogP contribution in [0.5, 0.6) is 0 Å². The van der Waals surface area contributed by atoms with E-state index in [0.717, 1.165) is 17.1 Å². The Kier molecular flexibility index (Phi) is 4.24. The third-order valence-electron chi connectivity index (χ3n) is 2.87. The topological polar surface area (TPSA) is 71.1 Å². The number of rotatable bonds is 7. The van der Waals surface area contributed by atoms with Crippen molar-refractivity contribution in [1.82, 2.24) is 10.3 Å². The highest BCUT2D eigenvalue weighted by Crippen LogP contribution is 2.22. The van der Waals surface area contributed by atoms with Crippen molar-refractivity contribution in [3.8, 4) is 0 Å². The third-order valence-corrected chi connectivity index (χ3v) is 5.32. The van der Waals surface area contributed by atoms with Crippen LogP contribution in [-0.2, 0) is 10.0 Å². The molecule has 0 aliphatic heterocycles. The van der Waals surface area contributed by atoms with Crippen molar-refractivity contribution in [3.63, 3.8) is 0 Å². The molecule has 7 heteroatoms. The fourth-order valence-corrected chi connectivity index (χ4v) is 3.71. The summed E-state index contributed by atoms with van der Waals surface area (Å²) >= 11 is 1.38. The zero-order valence-electron chi connectivity index (χ0n) is 10.7. The van der Waals surface area contributed by atoms with Gasteiger partial charge >= 0.3 is 0 Å². The largest absolute Gasteiger partial charge is 0.314 e. The minimum absolute atomic E-state index is 0.143. The van der Waals surface area contributed by atoms with E-state index in [9.17, 15) is 8.42 Å². The summed E-state index contributed by atoms with van der Waals surface area (Å²) < 4.78 is 26.2. The lowest BCUT2D eigenvalue weighted by molar-refractivity contribution is 0.593. The number of sulfonamides is 1. The van der Waals surface area contributed by atoms with Crippen LogP contribution in [0.15, 0.2) is 0 Å². The Hall–Kier alpha value is -0.660. The molecule has 1 aliphatic carbocycles. The van der Waals surface area contributed by atoms with E-state index in [1.54, 1.807) is 0 Å². The van der Waals surface area contributed by atoms with Crippen LogP contribution in [0.3, 0.4) is 0 Å². The average molecular weight is 289 g/mol. The first kappa shape index (κ1) is 13.8. The van der Waals surface area contributed by atoms with Gasteiger partial charge in [-0.1, -0.05) is 0 Å². The maximum absolute atomic E-state index is 11.8. The van der Waals surface area contributed by atoms with Crippen LogP contribution in [0.1, 0.15) is 29.8 Å². The molecular formula is C11H19N3O2S2. The second-order valence-electron chi connectivity index (χ2n) is 4.66. The van der Waals surface area contributed by atoms with E-state index in [0.29, 0.717) is 17.6 Å². The van der Waals surface area contributed by atoms with E-state index < -0.39 is 10.0 Å². The Morgan fingerprint density at radius 3 is 2.67 bits per heavy atom. The molecule has 2 N–H and O–H groups in total. The van der Waals surface area contributed by atoms with Crippen molar-refractivity contribution < 1.29 is 8.42 Å². The fourth-order valence-electron chi connectivity index (χ4n) is 1.56. The number of hydrogen-bond acceptors (Lipinski definition) is 5. The first-order chi connectivity index (χ1) is 8.46. The van der Waals surface area contributed by atoms with E-state index in [1.165, 1.54) is 24.2 Å². The molecule has 1 aliphatic rings. The van der Waals surface area contributed by atoms with Crippen molar-refractivity contribution >= 4 is 26.5 Å². The number of hydrogen-bond donors (Lipinski definition) is 2. The zero-order valence-corrected chi connectivity index (χ0v) is 12.3. The maximum atomic E-state index is 11.8. The minimum atomic E-state index is -3.26. The van der Waals surface area contributed by atoms with Crippen molar-refractivity contribution in [2.45, 2.75) is 39.2 Å². The van der Waals surface area contributed by atoms with Gasteiger partial charge in [-0.15, -0.1) is 11.3 Å². The van der Waals surface area contributed by atoms with E-state index in [4.69, 9.17) is 0 Å². The molecule has 1 fully saturated rings. The van der Waals surface area contributed by atoms with E-state index >= 15 is 0 Å². The highest BCUT2D eigenvalue weighted by Gasteiger charge is 2.20. The average Bonchev–Trinajstić information content (AvgIpc) is 3.02. The van der Waals surface area contributed by atoms with Crippen LogP contribution in [0, 0.1) is 13.8 Å². The van der Waals surface area contributed by atoms with Crippen molar-refractivity contribution in [3.05, 3.63) is 10.6 Å². The lowest BCUT2D eigenvalue weighted by atomic mass is 10.4. The molecule has 0 saturated heterocycles. The van der Waals surface area contributed by atoms with Crippen molar-refractivity contribution in [2.75, 3.05) is 17.0 Å². The first-order valence-electron chi connectivity index (χ1n) is 6.14. The van der Waals surface area contributed by atoms with Crippen molar-refractivity contribution in [2.24, 2.45) is 0 Å². The number of nitrogens with zero attached hydrogens (tertiary/aromatic N) is 1. The van der Waals surface area contributed by atoms with Crippen molar-refractivity contribution in [1.29, 1.82) is 0 Å². The second-order valence-corrected chi connectivity index (χ2v) is 7.71. The van der Waals surface area contributed by atoms with Gasteiger partial charge in [0.1, 0.15) is 0 Å². The molecule has 1 saturated carbocycles. The highest BCUT2D eigenvalue weighted by molar-refractivity contribution is 7.92. The van der Waals surface area contributed by atoms with E-state index in [-0.39, 0.29) is 5.75 Å². The molecule has 5 nitrogen and oxygen atoms in total. The number of thiazole rings is 1. The monoisotopic (exact) mass is 289 g/mol. The number of anilines is 1. The molecule has 1 aromatic rings. The fraction of sp³-hybridized carbons (Fsp3) is 0.727. The molecule has 2 rings (SSSR count). The first-order valence-corrected chi connectivity index (χ1v) is 8.61. The van der Waals surface area contributed by atoms with Crippen LogP contribution in [0.25, 0.3) is 0 Å². The molecule has 1 heterocycles. The molecule has 0 unspecified atom stereocenters. The van der Waals surface area contributed by atoms with E-state index in [2.05, 4.69) is 15.0 Å². The summed E-state index contributed by atoms with van der Waals surface area (Å²) in [5.74, 6) is 0.143. The lowest BCUT2D eigenvalue weighted by Crippen LogP contribution is -2.23.